The van der Waals surface area contributed by atoms with E-state index in [4.69, 9.17) is 16.3 Å². The zero-order valence-corrected chi connectivity index (χ0v) is 16.4. The number of nitrogens with zero attached hydrogens (tertiary/aromatic N) is 1. The van der Waals surface area contributed by atoms with E-state index in [1.165, 1.54) is 30.6 Å². The molecule has 1 N–H and O–H groups in total. The van der Waals surface area contributed by atoms with E-state index in [2.05, 4.69) is 10.3 Å². The molecule has 2 aromatic carbocycles. The lowest BCUT2D eigenvalue weighted by Crippen LogP contribution is -2.17. The van der Waals surface area contributed by atoms with Crippen molar-refractivity contribution in [1.29, 1.82) is 0 Å². The van der Waals surface area contributed by atoms with Crippen LogP contribution >= 0.6 is 22.9 Å². The van der Waals surface area contributed by atoms with Crippen molar-refractivity contribution in [3.05, 3.63) is 47.2 Å². The summed E-state index contributed by atoms with van der Waals surface area (Å²) in [6.45, 7) is 0. The van der Waals surface area contributed by atoms with E-state index in [1.807, 2.05) is 0 Å². The highest BCUT2D eigenvalue weighted by molar-refractivity contribution is 7.91. The van der Waals surface area contributed by atoms with Crippen molar-refractivity contribution in [1.82, 2.24) is 4.98 Å². The Labute approximate surface area is 163 Å². The molecule has 0 atom stereocenters. The van der Waals surface area contributed by atoms with E-state index in [-0.39, 0.29) is 11.3 Å². The number of sulfone groups is 1. The molecule has 27 heavy (non-hydrogen) atoms. The molecule has 0 aliphatic carbocycles. The molecular weight excluding hydrogens is 415 g/mol. The van der Waals surface area contributed by atoms with Crippen molar-refractivity contribution in [2.24, 2.45) is 0 Å². The molecule has 142 valence electrons. The lowest BCUT2D eigenvalue weighted by molar-refractivity contribution is -0.115. The molecule has 0 aliphatic rings. The predicted molar refractivity (Wildman–Crippen MR) is 103 cm³/mol. The number of anilines is 1. The first-order chi connectivity index (χ1) is 12.8. The monoisotopic (exact) mass is 428 g/mol. The molecule has 3 aromatic rings. The SMILES string of the molecule is COc1ccc(Cl)c2sc(NC(=O)CCS(=O)(=O)c3ccc(F)cc3)nc12. The maximum absolute atomic E-state index is 12.9. The predicted octanol–water partition coefficient (Wildman–Crippen LogP) is 3.90. The van der Waals surface area contributed by atoms with Crippen molar-refractivity contribution >= 4 is 54.0 Å². The second-order valence-corrected chi connectivity index (χ2v) is 9.03. The number of thiazole rings is 1. The minimum atomic E-state index is -3.69. The summed E-state index contributed by atoms with van der Waals surface area (Å²) in [6, 6.07) is 7.80. The number of methoxy groups -OCH3 is 1. The molecule has 0 aliphatic heterocycles. The Kier molecular flexibility index (Phi) is 5.64. The van der Waals surface area contributed by atoms with Crippen molar-refractivity contribution < 1.29 is 22.3 Å². The molecule has 0 unspecified atom stereocenters. The molecule has 6 nitrogen and oxygen atoms in total. The summed E-state index contributed by atoms with van der Waals surface area (Å²) in [4.78, 5) is 16.4. The third-order valence-electron chi connectivity index (χ3n) is 3.70. The van der Waals surface area contributed by atoms with Gasteiger partial charge in [-0.05, 0) is 36.4 Å². The molecule has 1 amide bonds. The summed E-state index contributed by atoms with van der Waals surface area (Å²) >= 11 is 7.30. The van der Waals surface area contributed by atoms with Gasteiger partial charge in [0.1, 0.15) is 17.1 Å². The molecule has 1 aromatic heterocycles. The molecule has 0 saturated heterocycles. The van der Waals surface area contributed by atoms with Crippen molar-refractivity contribution in [2.45, 2.75) is 11.3 Å². The lowest BCUT2D eigenvalue weighted by atomic mass is 10.3. The highest BCUT2D eigenvalue weighted by atomic mass is 35.5. The molecule has 3 rings (SSSR count). The molecule has 0 bridgehead atoms. The number of nitrogens with one attached hydrogen (secondary N) is 1. The molecule has 0 radical (unpaired) electrons. The summed E-state index contributed by atoms with van der Waals surface area (Å²) < 4.78 is 43.2. The Morgan fingerprint density at radius 2 is 1.96 bits per heavy atom. The highest BCUT2D eigenvalue weighted by Crippen LogP contribution is 2.37. The van der Waals surface area contributed by atoms with Gasteiger partial charge in [0.05, 0.1) is 27.5 Å². The van der Waals surface area contributed by atoms with Crippen LogP contribution in [0.2, 0.25) is 5.02 Å². The van der Waals surface area contributed by atoms with Crippen LogP contribution in [0.5, 0.6) is 5.75 Å². The van der Waals surface area contributed by atoms with Gasteiger partial charge in [0.25, 0.3) is 0 Å². The Hall–Kier alpha value is -2.23. The first-order valence-electron chi connectivity index (χ1n) is 7.71. The summed E-state index contributed by atoms with van der Waals surface area (Å²) in [5.41, 5.74) is 0.518. The van der Waals surface area contributed by atoms with Crippen LogP contribution in [0.3, 0.4) is 0 Å². The number of hydrogen-bond donors (Lipinski definition) is 1. The maximum Gasteiger partial charge on any atom is 0.227 e. The number of hydrogen-bond acceptors (Lipinski definition) is 6. The molecule has 0 spiro atoms. The third-order valence-corrected chi connectivity index (χ3v) is 6.86. The lowest BCUT2D eigenvalue weighted by Gasteiger charge is -2.04. The van der Waals surface area contributed by atoms with Gasteiger partial charge in [-0.2, -0.15) is 0 Å². The van der Waals surface area contributed by atoms with Crippen molar-refractivity contribution in [3.8, 4) is 5.75 Å². The topological polar surface area (TPSA) is 85.4 Å². The van der Waals surface area contributed by atoms with Gasteiger partial charge in [0, 0.05) is 6.42 Å². The summed E-state index contributed by atoms with van der Waals surface area (Å²) in [7, 11) is -2.19. The molecule has 0 saturated carbocycles. The van der Waals surface area contributed by atoms with Crippen LogP contribution in [-0.2, 0) is 14.6 Å². The smallest absolute Gasteiger partial charge is 0.227 e. The number of amides is 1. The fraction of sp³-hybridized carbons (Fsp3) is 0.176. The number of carbonyl (C=O) groups excluding carboxylic acids is 1. The number of carbonyl (C=O) groups is 1. The number of aromatic nitrogens is 1. The number of rotatable bonds is 6. The Morgan fingerprint density at radius 3 is 2.63 bits per heavy atom. The number of fused-ring (bicyclic) bond motifs is 1. The number of halogens is 2. The van der Waals surface area contributed by atoms with E-state index in [1.54, 1.807) is 12.1 Å². The second kappa shape index (κ2) is 7.79. The third kappa shape index (κ3) is 4.37. The average molecular weight is 429 g/mol. The number of benzene rings is 2. The van der Waals surface area contributed by atoms with Gasteiger partial charge in [0.2, 0.25) is 5.91 Å². The van der Waals surface area contributed by atoms with Crippen LogP contribution in [0, 0.1) is 5.82 Å². The highest BCUT2D eigenvalue weighted by Gasteiger charge is 2.18. The van der Waals surface area contributed by atoms with Gasteiger partial charge >= 0.3 is 0 Å². The second-order valence-electron chi connectivity index (χ2n) is 5.52. The van der Waals surface area contributed by atoms with Gasteiger partial charge in [-0.3, -0.25) is 4.79 Å². The van der Waals surface area contributed by atoms with Gasteiger partial charge < -0.3 is 10.1 Å². The first-order valence-corrected chi connectivity index (χ1v) is 10.6. The first kappa shape index (κ1) is 19.5. The minimum absolute atomic E-state index is 0.0341. The molecule has 10 heteroatoms. The van der Waals surface area contributed by atoms with Crippen LogP contribution in [0.1, 0.15) is 6.42 Å². The van der Waals surface area contributed by atoms with Crippen molar-refractivity contribution in [2.75, 3.05) is 18.2 Å². The van der Waals surface area contributed by atoms with Crippen molar-refractivity contribution in [3.63, 3.8) is 0 Å². The van der Waals surface area contributed by atoms with Crippen LogP contribution in [0.4, 0.5) is 9.52 Å². The zero-order chi connectivity index (χ0) is 19.6. The number of ether oxygens (including phenoxy) is 1. The van der Waals surface area contributed by atoms with Crippen LogP contribution < -0.4 is 10.1 Å². The molecule has 0 fully saturated rings. The van der Waals surface area contributed by atoms with Crippen LogP contribution in [-0.4, -0.2) is 32.2 Å². The van der Waals surface area contributed by atoms with Crippen LogP contribution in [0.15, 0.2) is 41.3 Å². The maximum atomic E-state index is 12.9. The largest absolute Gasteiger partial charge is 0.494 e. The van der Waals surface area contributed by atoms with E-state index in [0.29, 0.717) is 26.1 Å². The van der Waals surface area contributed by atoms with E-state index < -0.39 is 27.3 Å². The summed E-state index contributed by atoms with van der Waals surface area (Å²) in [5.74, 6) is -0.920. The zero-order valence-electron chi connectivity index (χ0n) is 14.0. The molecular formula is C17H14ClFN2O4S2. The Balaban J connectivity index is 1.70. The van der Waals surface area contributed by atoms with Gasteiger partial charge in [-0.15, -0.1) is 0 Å². The van der Waals surface area contributed by atoms with Gasteiger partial charge in [0.15, 0.2) is 15.0 Å². The fourth-order valence-electron chi connectivity index (χ4n) is 2.34. The molecule has 1 heterocycles. The standard InChI is InChI=1S/C17H14ClFN2O4S2/c1-25-13-7-6-12(18)16-15(13)21-17(26-16)20-14(22)8-9-27(23,24)11-4-2-10(19)3-5-11/h2-7H,8-9H2,1H3,(H,20,21,22). The summed E-state index contributed by atoms with van der Waals surface area (Å²) in [5, 5.41) is 3.34. The van der Waals surface area contributed by atoms with E-state index in [9.17, 15) is 17.6 Å². The van der Waals surface area contributed by atoms with Gasteiger partial charge in [-0.25, -0.2) is 17.8 Å². The van der Waals surface area contributed by atoms with E-state index in [0.717, 1.165) is 12.1 Å². The van der Waals surface area contributed by atoms with Crippen LogP contribution in [0.25, 0.3) is 10.2 Å². The quantitative estimate of drug-likeness (QED) is 0.602. The van der Waals surface area contributed by atoms with Gasteiger partial charge in [-0.1, -0.05) is 22.9 Å². The van der Waals surface area contributed by atoms with E-state index >= 15 is 0 Å². The summed E-state index contributed by atoms with van der Waals surface area (Å²) in [6.07, 6.45) is -0.263. The fourth-order valence-corrected chi connectivity index (χ4v) is 4.75. The Bertz CT molecular complexity index is 1100. The minimum Gasteiger partial charge on any atom is -0.494 e. The Morgan fingerprint density at radius 1 is 1.26 bits per heavy atom. The average Bonchev–Trinajstić information content (AvgIpc) is 3.05. The normalized spacial score (nSPS) is 11.5.